The number of aryl methyl sites for hydroxylation is 1. The van der Waals surface area contributed by atoms with Crippen molar-refractivity contribution >= 4 is 35.1 Å². The maximum Gasteiger partial charge on any atom is 0.309 e. The number of ether oxygens (including phenoxy) is 8. The van der Waals surface area contributed by atoms with Crippen LogP contribution in [0.1, 0.15) is 105 Å². The molecule has 0 radical (unpaired) electrons. The average molecular weight is 988 g/mol. The van der Waals surface area contributed by atoms with E-state index in [2.05, 4.69) is 22.0 Å². The fourth-order valence-electron chi connectivity index (χ4n) is 10.5. The second-order valence-electron chi connectivity index (χ2n) is 20.2. The number of carbonyl (C=O) groups excluding carboxylic acids is 4. The minimum Gasteiger partial charge on any atom is -0.466 e. The molecule has 3 aliphatic heterocycles. The van der Waals surface area contributed by atoms with Gasteiger partial charge in [-0.25, -0.2) is 0 Å². The van der Waals surface area contributed by atoms with Gasteiger partial charge in [0, 0.05) is 57.5 Å². The number of fused-ring (bicyclic) bond motifs is 1. The second kappa shape index (κ2) is 26.8. The van der Waals surface area contributed by atoms with Crippen molar-refractivity contribution < 1.29 is 72.4 Å². The minimum absolute atomic E-state index is 0.00366. The minimum atomic E-state index is -1.50. The average Bonchev–Trinajstić information content (AvgIpc) is 3.30. The van der Waals surface area contributed by atoms with Gasteiger partial charge in [0.15, 0.2) is 18.7 Å². The van der Waals surface area contributed by atoms with Crippen LogP contribution in [-0.4, -0.2) is 181 Å². The van der Waals surface area contributed by atoms with Gasteiger partial charge in [-0.1, -0.05) is 39.0 Å². The maximum absolute atomic E-state index is 13.8. The summed E-state index contributed by atoms with van der Waals surface area (Å²) in [6.07, 6.45) is -5.83. The summed E-state index contributed by atoms with van der Waals surface area (Å²) in [6.45, 7) is 11.3. The van der Waals surface area contributed by atoms with Crippen LogP contribution in [0.25, 0.3) is 10.9 Å². The molecule has 0 saturated carbocycles. The lowest BCUT2D eigenvalue weighted by Crippen LogP contribution is -2.66. The van der Waals surface area contributed by atoms with Crippen molar-refractivity contribution in [1.82, 2.24) is 14.8 Å². The molecule has 2 aromatic rings. The summed E-state index contributed by atoms with van der Waals surface area (Å²) in [4.78, 5) is 60.1. The highest BCUT2D eigenvalue weighted by Crippen LogP contribution is 2.38. The summed E-state index contributed by atoms with van der Waals surface area (Å²) in [5, 5.41) is 36.6. The van der Waals surface area contributed by atoms with E-state index >= 15 is 0 Å². The van der Waals surface area contributed by atoms with E-state index in [9.17, 15) is 34.5 Å². The zero-order chi connectivity index (χ0) is 51.3. The number of para-hydroxylation sites is 1. The lowest BCUT2D eigenvalue weighted by molar-refractivity contribution is -0.344. The predicted molar refractivity (Wildman–Crippen MR) is 258 cm³/mol. The maximum atomic E-state index is 13.8. The number of nitrogens with zero attached hydrogens (tertiary/aromatic N) is 3. The number of β-amino-alcohol motifs (C(OH)–C–C–N with tert-alkyl or cyclic N) is 1. The zero-order valence-corrected chi connectivity index (χ0v) is 43.0. The Bertz CT molecular complexity index is 1970. The van der Waals surface area contributed by atoms with Crippen molar-refractivity contribution in [3.8, 4) is 0 Å². The molecule has 70 heavy (non-hydrogen) atoms. The van der Waals surface area contributed by atoms with Gasteiger partial charge in [-0.2, -0.15) is 0 Å². The van der Waals surface area contributed by atoms with Crippen LogP contribution in [-0.2, 0) is 63.5 Å². The quantitative estimate of drug-likeness (QED) is 0.121. The van der Waals surface area contributed by atoms with E-state index in [-0.39, 0.29) is 50.5 Å². The van der Waals surface area contributed by atoms with Crippen LogP contribution >= 0.6 is 0 Å². The van der Waals surface area contributed by atoms with E-state index in [1.165, 1.54) is 12.7 Å². The molecule has 1 aromatic heterocycles. The summed E-state index contributed by atoms with van der Waals surface area (Å²) in [7, 11) is 6.88. The summed E-state index contributed by atoms with van der Waals surface area (Å²) in [5.41, 5.74) is 0.666. The van der Waals surface area contributed by atoms with Gasteiger partial charge in [-0.3, -0.25) is 19.4 Å². The molecule has 18 nitrogen and oxygen atoms in total. The lowest BCUT2D eigenvalue weighted by Gasteiger charge is -2.50. The van der Waals surface area contributed by atoms with Crippen molar-refractivity contribution in [2.45, 2.75) is 185 Å². The third-order valence-corrected chi connectivity index (χ3v) is 14.3. The Balaban J connectivity index is 1.39. The summed E-state index contributed by atoms with van der Waals surface area (Å²) in [5.74, 6) is -2.64. The number of hydrogen-bond donors (Lipinski definition) is 3. The molecule has 3 saturated heterocycles. The first kappa shape index (κ1) is 57.2. The molecule has 3 fully saturated rings. The number of rotatable bonds is 16. The van der Waals surface area contributed by atoms with Gasteiger partial charge < -0.3 is 67.8 Å². The number of aldehydes is 1. The van der Waals surface area contributed by atoms with Crippen LogP contribution in [0.15, 0.2) is 36.5 Å². The van der Waals surface area contributed by atoms with Crippen molar-refractivity contribution in [1.29, 1.82) is 0 Å². The fourth-order valence-corrected chi connectivity index (χ4v) is 10.5. The highest BCUT2D eigenvalue weighted by Gasteiger charge is 2.53. The number of aliphatic hydroxyl groups excluding tert-OH is 2. The molecule has 3 N–H and O–H groups in total. The highest BCUT2D eigenvalue weighted by molar-refractivity contribution is 5.81. The van der Waals surface area contributed by atoms with E-state index in [1.54, 1.807) is 53.6 Å². The van der Waals surface area contributed by atoms with Crippen molar-refractivity contribution in [3.05, 3.63) is 42.1 Å². The number of aliphatic hydroxyl groups is 3. The zero-order valence-electron chi connectivity index (χ0n) is 43.0. The SMILES string of the molecule is CCC(=O)O[C@@H]1CC(=O)OCCC(CCCc2ccnc3ccccc23)CN(C)C[C@H](O)[C@H](C)C[C@H](CC=O)[C@H](O[C@@H]2OC(C)[C@H](O[C@H]3CC(C)(O)[C@@H](OC(=O)CC)C(C)O3)C(N(C)C)C2O)[C@H]1OC. The molecule has 1 aromatic carbocycles. The van der Waals surface area contributed by atoms with Crippen LogP contribution in [0.3, 0.4) is 0 Å². The Kier molecular flexibility index (Phi) is 21.9. The second-order valence-corrected chi connectivity index (χ2v) is 20.2. The number of carbonyl (C=O) groups is 4. The van der Waals surface area contributed by atoms with Gasteiger partial charge in [0.25, 0.3) is 0 Å². The Morgan fingerprint density at radius 1 is 0.971 bits per heavy atom. The molecule has 6 unspecified atom stereocenters. The first-order valence-electron chi connectivity index (χ1n) is 25.2. The van der Waals surface area contributed by atoms with Crippen molar-refractivity contribution in [3.63, 3.8) is 0 Å². The van der Waals surface area contributed by atoms with Crippen LogP contribution in [0.2, 0.25) is 0 Å². The standard InChI is InChI=1S/C52H81N3O15/c1-11-41(58)67-40-27-43(60)64-25-22-34(16-15-17-35-20-23-53-38-19-14-13-18-37(35)38)29-55(9)30-39(57)31(3)26-36(21-24-56)48(49(40)63-10)70-51-46(61)45(54(7)8)47(32(4)66-51)69-44-28-52(6,62)50(33(5)65-44)68-42(59)12-2/h13-14,18-20,23-24,31-34,36,39-40,44-51,57,61-62H,11-12,15-17,21-22,25-30H2,1-10H3/t31-,32?,33?,34?,36+,39+,40-,44+,45?,46?,47+,48+,49+,50+,51+,52?/m1/s1. The number of benzene rings is 1. The summed E-state index contributed by atoms with van der Waals surface area (Å²) >= 11 is 0. The Labute approximate surface area is 413 Å². The lowest BCUT2D eigenvalue weighted by atomic mass is 9.82. The first-order valence-corrected chi connectivity index (χ1v) is 25.2. The number of methoxy groups -OCH3 is 1. The predicted octanol–water partition coefficient (Wildman–Crippen LogP) is 4.39. The number of esters is 3. The molecule has 0 aliphatic carbocycles. The smallest absolute Gasteiger partial charge is 0.309 e. The number of likely N-dealkylation sites (N-methyl/N-ethyl adjacent to an activating group) is 2. The molecule has 18 heteroatoms. The fraction of sp³-hybridized carbons (Fsp3) is 0.750. The van der Waals surface area contributed by atoms with Gasteiger partial charge in [-0.15, -0.1) is 0 Å². The molecule has 0 amide bonds. The number of pyridine rings is 1. The van der Waals surface area contributed by atoms with E-state index in [0.29, 0.717) is 19.5 Å². The molecular formula is C52H81N3O15. The van der Waals surface area contributed by atoms with Gasteiger partial charge in [0.1, 0.15) is 36.3 Å². The molecule has 0 spiro atoms. The number of cyclic esters (lactones) is 1. The Morgan fingerprint density at radius 3 is 2.36 bits per heavy atom. The van der Waals surface area contributed by atoms with Gasteiger partial charge in [0.05, 0.1) is 49.0 Å². The molecule has 394 valence electrons. The summed E-state index contributed by atoms with van der Waals surface area (Å²) < 4.78 is 49.4. The van der Waals surface area contributed by atoms with Gasteiger partial charge in [-0.05, 0) is 109 Å². The highest BCUT2D eigenvalue weighted by atomic mass is 16.7. The molecule has 5 rings (SSSR count). The molecular weight excluding hydrogens is 907 g/mol. The van der Waals surface area contributed by atoms with Crippen LogP contribution < -0.4 is 0 Å². The van der Waals surface area contributed by atoms with Crippen LogP contribution in [0, 0.1) is 17.8 Å². The van der Waals surface area contributed by atoms with E-state index in [4.69, 9.17) is 37.9 Å². The molecule has 4 heterocycles. The van der Waals surface area contributed by atoms with Gasteiger partial charge >= 0.3 is 17.9 Å². The third-order valence-electron chi connectivity index (χ3n) is 14.3. The van der Waals surface area contributed by atoms with E-state index in [1.807, 2.05) is 38.4 Å². The Morgan fingerprint density at radius 2 is 1.69 bits per heavy atom. The summed E-state index contributed by atoms with van der Waals surface area (Å²) in [6, 6.07) is 9.35. The van der Waals surface area contributed by atoms with Crippen LogP contribution in [0.4, 0.5) is 0 Å². The molecule has 0 bridgehead atoms. The van der Waals surface area contributed by atoms with E-state index < -0.39 is 109 Å². The van der Waals surface area contributed by atoms with Crippen molar-refractivity contribution in [2.24, 2.45) is 17.8 Å². The first-order chi connectivity index (χ1) is 33.3. The topological polar surface area (TPSA) is 222 Å². The normalized spacial score (nSPS) is 35.5. The number of hydrogen-bond acceptors (Lipinski definition) is 18. The van der Waals surface area contributed by atoms with E-state index in [0.717, 1.165) is 36.5 Å². The number of aromatic nitrogens is 1. The van der Waals surface area contributed by atoms with Gasteiger partial charge in [0.2, 0.25) is 0 Å². The third kappa shape index (κ3) is 15.4. The van der Waals surface area contributed by atoms with Crippen molar-refractivity contribution in [2.75, 3.05) is 47.9 Å². The Hall–Kier alpha value is -3.69. The monoisotopic (exact) mass is 988 g/mol. The largest absolute Gasteiger partial charge is 0.466 e. The van der Waals surface area contributed by atoms with Crippen LogP contribution in [0.5, 0.6) is 0 Å². The molecule has 16 atom stereocenters. The molecule has 3 aliphatic rings.